The van der Waals surface area contributed by atoms with Crippen molar-refractivity contribution < 1.29 is 4.74 Å². The Morgan fingerprint density at radius 1 is 1.12 bits per heavy atom. The first-order chi connectivity index (χ1) is 16.1. The quantitative estimate of drug-likeness (QED) is 0.534. The number of hydrogen-bond donors (Lipinski definition) is 1. The summed E-state index contributed by atoms with van der Waals surface area (Å²) in [6.45, 7) is 7.32. The highest BCUT2D eigenvalue weighted by atomic mass is 35.5. The number of nitrogens with zero attached hydrogens (tertiary/aromatic N) is 4. The lowest BCUT2D eigenvalue weighted by atomic mass is 10.0. The van der Waals surface area contributed by atoms with Crippen molar-refractivity contribution in [3.8, 4) is 5.69 Å². The number of aromatic nitrogens is 2. The van der Waals surface area contributed by atoms with Crippen molar-refractivity contribution in [1.29, 1.82) is 0 Å². The van der Waals surface area contributed by atoms with E-state index in [9.17, 15) is 0 Å². The van der Waals surface area contributed by atoms with Gasteiger partial charge in [0.2, 0.25) is 0 Å². The highest BCUT2D eigenvalue weighted by Crippen LogP contribution is 2.39. The van der Waals surface area contributed by atoms with Gasteiger partial charge in [-0.3, -0.25) is 9.88 Å². The van der Waals surface area contributed by atoms with E-state index in [1.54, 1.807) is 0 Å². The molecule has 0 spiro atoms. The van der Waals surface area contributed by atoms with Crippen molar-refractivity contribution >= 4 is 28.9 Å². The second-order valence-corrected chi connectivity index (χ2v) is 9.30. The molecule has 2 fully saturated rings. The Morgan fingerprint density at radius 3 is 2.73 bits per heavy atom. The average molecular weight is 482 g/mol. The van der Waals surface area contributed by atoms with Gasteiger partial charge in [-0.25, -0.2) is 0 Å². The number of thiocarbonyl (C=S) groups is 1. The zero-order chi connectivity index (χ0) is 22.8. The summed E-state index contributed by atoms with van der Waals surface area (Å²) in [5.74, 6) is 0. The van der Waals surface area contributed by atoms with Crippen LogP contribution in [0.1, 0.15) is 29.0 Å². The van der Waals surface area contributed by atoms with Crippen molar-refractivity contribution in [1.82, 2.24) is 24.7 Å². The normalized spacial score (nSPS) is 21.4. The Morgan fingerprint density at radius 2 is 1.97 bits per heavy atom. The third kappa shape index (κ3) is 4.64. The minimum absolute atomic E-state index is 0.0134. The van der Waals surface area contributed by atoms with Crippen LogP contribution in [-0.2, 0) is 4.74 Å². The van der Waals surface area contributed by atoms with Crippen LogP contribution in [-0.4, -0.2) is 63.9 Å². The Hall–Kier alpha value is -2.45. The van der Waals surface area contributed by atoms with E-state index in [1.807, 2.05) is 31.3 Å². The van der Waals surface area contributed by atoms with Gasteiger partial charge in [-0.15, -0.1) is 0 Å². The van der Waals surface area contributed by atoms with Crippen LogP contribution in [0.2, 0.25) is 5.02 Å². The zero-order valence-electron chi connectivity index (χ0n) is 18.7. The van der Waals surface area contributed by atoms with Gasteiger partial charge in [0.25, 0.3) is 0 Å². The van der Waals surface area contributed by atoms with E-state index in [0.717, 1.165) is 66.5 Å². The first-order valence-electron chi connectivity index (χ1n) is 11.3. The number of rotatable bonds is 6. The molecular formula is C25H28ClN5OS. The Kier molecular flexibility index (Phi) is 6.64. The number of morpholine rings is 1. The van der Waals surface area contributed by atoms with E-state index >= 15 is 0 Å². The molecule has 4 heterocycles. The van der Waals surface area contributed by atoms with E-state index in [-0.39, 0.29) is 12.1 Å². The Bertz CT molecular complexity index is 1110. The van der Waals surface area contributed by atoms with Gasteiger partial charge in [-0.1, -0.05) is 17.7 Å². The maximum atomic E-state index is 6.30. The third-order valence-corrected chi connectivity index (χ3v) is 7.24. The summed E-state index contributed by atoms with van der Waals surface area (Å²) in [6, 6.07) is 16.4. The molecule has 0 amide bonds. The molecule has 0 saturated carbocycles. The number of ether oxygens (including phenoxy) is 1. The number of hydrogen-bond acceptors (Lipinski definition) is 4. The molecule has 2 aliphatic rings. The van der Waals surface area contributed by atoms with Crippen LogP contribution in [0.4, 0.5) is 0 Å². The summed E-state index contributed by atoms with van der Waals surface area (Å²) >= 11 is 12.2. The molecule has 2 aromatic heterocycles. The number of nitrogens with one attached hydrogen (secondary N) is 1. The van der Waals surface area contributed by atoms with Crippen molar-refractivity contribution in [2.24, 2.45) is 0 Å². The average Bonchev–Trinajstić information content (AvgIpc) is 3.45. The number of benzene rings is 1. The summed E-state index contributed by atoms with van der Waals surface area (Å²) in [4.78, 5) is 9.43. The van der Waals surface area contributed by atoms with Crippen LogP contribution in [0.3, 0.4) is 0 Å². The summed E-state index contributed by atoms with van der Waals surface area (Å²) in [7, 11) is 0. The van der Waals surface area contributed by atoms with Crippen LogP contribution in [0.5, 0.6) is 0 Å². The van der Waals surface area contributed by atoms with Gasteiger partial charge in [0.05, 0.1) is 31.0 Å². The molecule has 8 heteroatoms. The fourth-order valence-electron chi connectivity index (χ4n) is 4.69. The van der Waals surface area contributed by atoms with Gasteiger partial charge in [0.1, 0.15) is 0 Å². The van der Waals surface area contributed by atoms with Gasteiger partial charge in [-0.2, -0.15) is 0 Å². The van der Waals surface area contributed by atoms with Gasteiger partial charge < -0.3 is 19.5 Å². The fourth-order valence-corrected chi connectivity index (χ4v) is 5.14. The van der Waals surface area contributed by atoms with E-state index in [4.69, 9.17) is 28.6 Å². The molecule has 5 rings (SSSR count). The maximum Gasteiger partial charge on any atom is 0.170 e. The minimum Gasteiger partial charge on any atom is -0.379 e. The molecule has 6 nitrogen and oxygen atoms in total. The molecular weight excluding hydrogens is 454 g/mol. The van der Waals surface area contributed by atoms with Crippen molar-refractivity contribution in [2.75, 3.05) is 39.4 Å². The molecule has 0 bridgehead atoms. The van der Waals surface area contributed by atoms with Gasteiger partial charge in [0, 0.05) is 55.0 Å². The van der Waals surface area contributed by atoms with Crippen molar-refractivity contribution in [3.63, 3.8) is 0 Å². The molecule has 2 saturated heterocycles. The maximum absolute atomic E-state index is 6.30. The van der Waals surface area contributed by atoms with Gasteiger partial charge in [-0.05, 0) is 67.2 Å². The number of halogens is 1. The van der Waals surface area contributed by atoms with Gasteiger partial charge in [0.15, 0.2) is 5.11 Å². The van der Waals surface area contributed by atoms with Crippen LogP contribution in [0.15, 0.2) is 60.9 Å². The second-order valence-electron chi connectivity index (χ2n) is 8.51. The molecule has 3 aromatic rings. The lowest BCUT2D eigenvalue weighted by Crippen LogP contribution is -2.42. The fraction of sp³-hybridized carbons (Fsp3) is 0.360. The zero-order valence-corrected chi connectivity index (χ0v) is 20.2. The summed E-state index contributed by atoms with van der Waals surface area (Å²) in [5.41, 5.74) is 4.29. The van der Waals surface area contributed by atoms with E-state index in [0.29, 0.717) is 0 Å². The summed E-state index contributed by atoms with van der Waals surface area (Å²) in [5, 5.41) is 5.10. The molecule has 33 heavy (non-hydrogen) atoms. The number of pyridine rings is 1. The molecule has 0 radical (unpaired) electrons. The summed E-state index contributed by atoms with van der Waals surface area (Å²) in [6.07, 6.45) is 3.95. The first-order valence-corrected chi connectivity index (χ1v) is 12.1. The van der Waals surface area contributed by atoms with E-state index < -0.39 is 0 Å². The third-order valence-electron chi connectivity index (χ3n) is 6.46. The van der Waals surface area contributed by atoms with Crippen molar-refractivity contribution in [3.05, 3.63) is 82.9 Å². The molecule has 1 aromatic carbocycles. The monoisotopic (exact) mass is 481 g/mol. The van der Waals surface area contributed by atoms with E-state index in [1.165, 1.54) is 5.69 Å². The minimum atomic E-state index is -0.0366. The molecule has 2 aliphatic heterocycles. The molecule has 0 aliphatic carbocycles. The lowest BCUT2D eigenvalue weighted by molar-refractivity contribution is 0.0349. The van der Waals surface area contributed by atoms with Crippen LogP contribution >= 0.6 is 23.8 Å². The lowest BCUT2D eigenvalue weighted by Gasteiger charge is -2.32. The number of aryl methyl sites for hydroxylation is 1. The van der Waals surface area contributed by atoms with E-state index in [2.05, 4.69) is 61.2 Å². The first kappa shape index (κ1) is 22.3. The standard InChI is InChI=1S/C25H28ClN5OS/c1-18-17-19(7-8-20(18)26)30-10-4-6-22(30)24-23(21-5-2-3-9-27-21)28-25(33)31(24)12-11-29-13-15-32-16-14-29/h2-10,17,23-24H,11-16H2,1H3,(H,28,33)/t23-,24-/m1/s1. The van der Waals surface area contributed by atoms with Crippen LogP contribution < -0.4 is 5.32 Å². The molecule has 1 N–H and O–H groups in total. The Balaban J connectivity index is 1.51. The Labute approximate surface area is 205 Å². The summed E-state index contributed by atoms with van der Waals surface area (Å²) < 4.78 is 7.75. The highest BCUT2D eigenvalue weighted by molar-refractivity contribution is 7.80. The topological polar surface area (TPSA) is 45.6 Å². The molecule has 172 valence electrons. The van der Waals surface area contributed by atoms with Gasteiger partial charge >= 0.3 is 0 Å². The highest BCUT2D eigenvalue weighted by Gasteiger charge is 2.41. The predicted molar refractivity (Wildman–Crippen MR) is 135 cm³/mol. The SMILES string of the molecule is Cc1cc(-n2cccc2[C@@H]2[C@@H](c3ccccn3)NC(=S)N2CCN2CCOCC2)ccc1Cl. The molecule has 2 atom stereocenters. The smallest absolute Gasteiger partial charge is 0.170 e. The second kappa shape index (κ2) is 9.81. The van der Waals surface area contributed by atoms with Crippen LogP contribution in [0.25, 0.3) is 5.69 Å². The predicted octanol–water partition coefficient (Wildman–Crippen LogP) is 4.14. The van der Waals surface area contributed by atoms with Crippen LogP contribution in [0, 0.1) is 6.92 Å². The van der Waals surface area contributed by atoms with Crippen molar-refractivity contribution in [2.45, 2.75) is 19.0 Å². The largest absolute Gasteiger partial charge is 0.379 e. The molecule has 0 unspecified atom stereocenters.